The van der Waals surface area contributed by atoms with Crippen LogP contribution in [-0.4, -0.2) is 19.9 Å². The molecule has 3 heterocycles. The highest BCUT2D eigenvalue weighted by atomic mass is 127. The number of nitrogens with zero attached hydrogens (tertiary/aromatic N) is 4. The number of hydrogen-bond donors (Lipinski definition) is 0. The summed E-state index contributed by atoms with van der Waals surface area (Å²) >= 11 is 24.8. The lowest BCUT2D eigenvalue weighted by atomic mass is 10.1. The molecule has 4 nitrogen and oxygen atoms in total. The van der Waals surface area contributed by atoms with Gasteiger partial charge in [-0.25, -0.2) is 19.9 Å². The number of halogens is 8. The number of hydrogen-bond acceptors (Lipinski definition) is 4. The van der Waals surface area contributed by atoms with Gasteiger partial charge in [0.15, 0.2) is 0 Å². The Kier molecular flexibility index (Phi) is 7.87. The van der Waals surface area contributed by atoms with E-state index in [1.54, 1.807) is 6.07 Å². The Balaban J connectivity index is 0.000000244. The molecule has 3 aromatic heterocycles. The summed E-state index contributed by atoms with van der Waals surface area (Å²) in [7, 11) is 0. The van der Waals surface area contributed by atoms with E-state index in [2.05, 4.69) is 42.5 Å². The Morgan fingerprint density at radius 2 is 1.26 bits per heavy atom. The number of aromatic nitrogens is 4. The molecule has 0 unspecified atom stereocenters. The minimum atomic E-state index is -4.57. The van der Waals surface area contributed by atoms with Crippen LogP contribution in [0.15, 0.2) is 36.9 Å². The summed E-state index contributed by atoms with van der Waals surface area (Å²) in [4.78, 5) is 14.0. The lowest BCUT2D eigenvalue weighted by molar-refractivity contribution is -0.144. The van der Waals surface area contributed by atoms with Crippen molar-refractivity contribution in [1.82, 2.24) is 19.9 Å². The number of alkyl halides is 3. The van der Waals surface area contributed by atoms with Crippen LogP contribution < -0.4 is 0 Å². The average molecular weight is 568 g/mol. The molecule has 0 bridgehead atoms. The molecule has 142 valence electrons. The van der Waals surface area contributed by atoms with E-state index in [0.717, 1.165) is 16.0 Å². The molecular formula is C15H6Cl4F3IN4. The normalized spacial score (nSPS) is 11.0. The van der Waals surface area contributed by atoms with Crippen LogP contribution in [0.5, 0.6) is 0 Å². The highest BCUT2D eigenvalue weighted by Gasteiger charge is 2.34. The highest BCUT2D eigenvalue weighted by molar-refractivity contribution is 14.1. The molecule has 0 saturated heterocycles. The summed E-state index contributed by atoms with van der Waals surface area (Å²) in [6.07, 6.45) is 0.335. The zero-order chi connectivity index (χ0) is 20.2. The van der Waals surface area contributed by atoms with E-state index in [4.69, 9.17) is 46.4 Å². The molecule has 27 heavy (non-hydrogen) atoms. The maximum Gasteiger partial charge on any atom is 0.451 e. The van der Waals surface area contributed by atoms with E-state index in [9.17, 15) is 13.2 Å². The second-order valence-electron chi connectivity index (χ2n) is 4.70. The van der Waals surface area contributed by atoms with Crippen molar-refractivity contribution in [2.24, 2.45) is 0 Å². The third kappa shape index (κ3) is 6.56. The Morgan fingerprint density at radius 3 is 1.74 bits per heavy atom. The van der Waals surface area contributed by atoms with E-state index >= 15 is 0 Å². The molecular weight excluding hydrogens is 562 g/mol. The molecule has 0 aliphatic rings. The van der Waals surface area contributed by atoms with Crippen LogP contribution in [0, 0.1) is 3.57 Å². The van der Waals surface area contributed by atoms with Crippen LogP contribution in [0.1, 0.15) is 5.82 Å². The van der Waals surface area contributed by atoms with Gasteiger partial charge in [-0.3, -0.25) is 0 Å². The van der Waals surface area contributed by atoms with Gasteiger partial charge in [0.2, 0.25) is 5.82 Å². The van der Waals surface area contributed by atoms with Gasteiger partial charge in [-0.15, -0.1) is 0 Å². The van der Waals surface area contributed by atoms with Gasteiger partial charge in [-0.05, 0) is 34.7 Å². The predicted octanol–water partition coefficient (Wildman–Crippen LogP) is 6.86. The van der Waals surface area contributed by atoms with E-state index in [-0.39, 0.29) is 10.2 Å². The van der Waals surface area contributed by atoms with Gasteiger partial charge in [0, 0.05) is 39.5 Å². The monoisotopic (exact) mass is 566 g/mol. The van der Waals surface area contributed by atoms with Gasteiger partial charge in [-0.1, -0.05) is 46.4 Å². The average Bonchev–Trinajstić information content (AvgIpc) is 2.60. The topological polar surface area (TPSA) is 51.6 Å². The third-order valence-corrected chi connectivity index (χ3v) is 5.04. The van der Waals surface area contributed by atoms with E-state index in [1.165, 1.54) is 18.5 Å². The molecule has 0 radical (unpaired) electrons. The Hall–Kier alpha value is -0.940. The van der Waals surface area contributed by atoms with Crippen molar-refractivity contribution in [3.63, 3.8) is 0 Å². The van der Waals surface area contributed by atoms with Gasteiger partial charge in [0.1, 0.15) is 10.3 Å². The molecule has 0 amide bonds. The number of pyridine rings is 2. The maximum atomic E-state index is 12.3. The first kappa shape index (κ1) is 22.4. The quantitative estimate of drug-likeness (QED) is 0.238. The zero-order valence-electron chi connectivity index (χ0n) is 12.8. The van der Waals surface area contributed by atoms with Crippen molar-refractivity contribution >= 4 is 69.0 Å². The van der Waals surface area contributed by atoms with Crippen LogP contribution in [0.3, 0.4) is 0 Å². The van der Waals surface area contributed by atoms with Crippen LogP contribution in [0.25, 0.3) is 11.1 Å². The summed E-state index contributed by atoms with van der Waals surface area (Å²) in [5.74, 6) is -1.21. The molecule has 3 rings (SSSR count). The minimum Gasteiger partial charge on any atom is -0.243 e. The van der Waals surface area contributed by atoms with Gasteiger partial charge < -0.3 is 0 Å². The molecule has 0 aromatic carbocycles. The summed E-state index contributed by atoms with van der Waals surface area (Å²) in [6, 6.07) is 3.14. The standard InChI is InChI=1S/C10H4Cl2F3N3.C5H2Cl2IN/c11-7-4-16-8(12)1-6(7)5-2-17-9(18-3-5)10(13,14)15;6-3-2-9-5(7)1-4(3)8/h1-4H;1-2H. The zero-order valence-corrected chi connectivity index (χ0v) is 18.0. The fourth-order valence-electron chi connectivity index (χ4n) is 1.64. The van der Waals surface area contributed by atoms with Gasteiger partial charge in [0.05, 0.1) is 10.0 Å². The summed E-state index contributed by atoms with van der Waals surface area (Å²) < 4.78 is 37.8. The van der Waals surface area contributed by atoms with E-state index < -0.39 is 12.0 Å². The molecule has 0 aliphatic carbocycles. The van der Waals surface area contributed by atoms with Crippen LogP contribution in [0.2, 0.25) is 20.4 Å². The van der Waals surface area contributed by atoms with Gasteiger partial charge >= 0.3 is 6.18 Å². The summed E-state index contributed by atoms with van der Waals surface area (Å²) in [6.45, 7) is 0. The van der Waals surface area contributed by atoms with Crippen molar-refractivity contribution in [1.29, 1.82) is 0 Å². The fraction of sp³-hybridized carbons (Fsp3) is 0.0667. The molecule has 3 aromatic rings. The second kappa shape index (κ2) is 9.51. The molecule has 0 N–H and O–H groups in total. The third-order valence-electron chi connectivity index (χ3n) is 2.81. The number of rotatable bonds is 1. The first-order valence-electron chi connectivity index (χ1n) is 6.75. The largest absolute Gasteiger partial charge is 0.451 e. The van der Waals surface area contributed by atoms with Gasteiger partial charge in [-0.2, -0.15) is 13.2 Å². The molecule has 0 saturated carbocycles. The Labute approximate surface area is 185 Å². The van der Waals surface area contributed by atoms with Crippen LogP contribution in [-0.2, 0) is 6.18 Å². The highest BCUT2D eigenvalue weighted by Crippen LogP contribution is 2.30. The summed E-state index contributed by atoms with van der Waals surface area (Å²) in [5, 5.41) is 1.54. The van der Waals surface area contributed by atoms with E-state index in [1.807, 2.05) is 0 Å². The second-order valence-corrected chi connectivity index (χ2v) is 7.45. The van der Waals surface area contributed by atoms with Crippen molar-refractivity contribution < 1.29 is 13.2 Å². The predicted molar refractivity (Wildman–Crippen MR) is 107 cm³/mol. The van der Waals surface area contributed by atoms with Crippen LogP contribution >= 0.6 is 69.0 Å². The fourth-order valence-corrected chi connectivity index (χ4v) is 2.89. The SMILES string of the molecule is Clc1cc(I)c(Cl)cn1.FC(F)(F)c1ncc(-c2cc(Cl)ncc2Cl)cn1. The molecule has 0 atom stereocenters. The van der Waals surface area contributed by atoms with Gasteiger partial charge in [0.25, 0.3) is 0 Å². The van der Waals surface area contributed by atoms with Crippen molar-refractivity contribution in [2.75, 3.05) is 0 Å². The lowest BCUT2D eigenvalue weighted by Crippen LogP contribution is -2.10. The molecule has 0 fully saturated rings. The molecule has 12 heteroatoms. The summed E-state index contributed by atoms with van der Waals surface area (Å²) in [5.41, 5.74) is 0.752. The molecule has 0 aliphatic heterocycles. The first-order valence-corrected chi connectivity index (χ1v) is 9.34. The van der Waals surface area contributed by atoms with Crippen molar-refractivity contribution in [3.8, 4) is 11.1 Å². The minimum absolute atomic E-state index is 0.175. The lowest BCUT2D eigenvalue weighted by Gasteiger charge is -2.06. The van der Waals surface area contributed by atoms with Crippen molar-refractivity contribution in [3.05, 3.63) is 66.7 Å². The van der Waals surface area contributed by atoms with E-state index in [0.29, 0.717) is 21.3 Å². The Bertz CT molecular complexity index is 939. The van der Waals surface area contributed by atoms with Crippen LogP contribution in [0.4, 0.5) is 13.2 Å². The maximum absolute atomic E-state index is 12.3. The molecule has 0 spiro atoms. The Morgan fingerprint density at radius 1 is 0.741 bits per heavy atom. The van der Waals surface area contributed by atoms with Crippen molar-refractivity contribution in [2.45, 2.75) is 6.18 Å². The first-order chi connectivity index (χ1) is 12.6. The smallest absolute Gasteiger partial charge is 0.243 e.